The Hall–Kier alpha value is -1.98. The minimum absolute atomic E-state index is 0.799. The molecule has 0 saturated carbocycles. The van der Waals surface area contributed by atoms with Crippen molar-refractivity contribution in [2.45, 2.75) is 19.5 Å². The molecule has 0 radical (unpaired) electrons. The fourth-order valence-corrected chi connectivity index (χ4v) is 3.63. The fraction of sp³-hybridized carbons (Fsp3) is 0.250. The summed E-state index contributed by atoms with van der Waals surface area (Å²) in [6.45, 7) is 2.78. The van der Waals surface area contributed by atoms with Gasteiger partial charge in [-0.2, -0.15) is 5.10 Å². The molecule has 3 heterocycles. The smallest absolute Gasteiger partial charge is 0.127 e. The van der Waals surface area contributed by atoms with Crippen molar-refractivity contribution in [1.82, 2.24) is 20.1 Å². The van der Waals surface area contributed by atoms with Crippen LogP contribution in [0.5, 0.6) is 0 Å². The Bertz CT molecular complexity index is 721. The molecule has 0 atom stereocenters. The number of fused-ring (bicyclic) bond motifs is 1. The molecule has 0 unspecified atom stereocenters. The molecule has 0 spiro atoms. The molecular formula is C16H16N4S. The van der Waals surface area contributed by atoms with Crippen LogP contribution in [0.25, 0.3) is 10.6 Å². The molecule has 1 aliphatic rings. The predicted octanol–water partition coefficient (Wildman–Crippen LogP) is 2.70. The van der Waals surface area contributed by atoms with E-state index in [2.05, 4.69) is 40.9 Å². The Morgan fingerprint density at radius 1 is 1.24 bits per heavy atom. The SMILES string of the molecule is c1ccc(Cn2cc(-c3nc4c(s3)CNCC4)cn2)cc1. The number of thiazole rings is 1. The standard InChI is InChI=1S/C16H16N4S/c1-2-4-12(5-3-1)10-20-11-13(8-18-20)16-19-14-6-7-17-9-15(14)21-16/h1-5,8,11,17H,6-7,9-10H2. The third kappa shape index (κ3) is 2.62. The van der Waals surface area contributed by atoms with Crippen LogP contribution >= 0.6 is 11.3 Å². The maximum absolute atomic E-state index is 4.77. The molecule has 5 heteroatoms. The van der Waals surface area contributed by atoms with Crippen molar-refractivity contribution in [2.24, 2.45) is 0 Å². The fourth-order valence-electron chi connectivity index (χ4n) is 2.58. The molecule has 0 bridgehead atoms. The van der Waals surface area contributed by atoms with Gasteiger partial charge < -0.3 is 5.32 Å². The summed E-state index contributed by atoms with van der Waals surface area (Å²) < 4.78 is 1.98. The summed E-state index contributed by atoms with van der Waals surface area (Å²) in [6.07, 6.45) is 5.04. The second-order valence-electron chi connectivity index (χ2n) is 5.23. The minimum atomic E-state index is 0.799. The number of benzene rings is 1. The summed E-state index contributed by atoms with van der Waals surface area (Å²) >= 11 is 1.78. The molecule has 21 heavy (non-hydrogen) atoms. The number of hydrogen-bond acceptors (Lipinski definition) is 4. The van der Waals surface area contributed by atoms with Gasteiger partial charge in [0.1, 0.15) is 5.01 Å². The van der Waals surface area contributed by atoms with Crippen molar-refractivity contribution < 1.29 is 0 Å². The van der Waals surface area contributed by atoms with E-state index in [1.165, 1.54) is 16.1 Å². The quantitative estimate of drug-likeness (QED) is 0.808. The first-order valence-corrected chi connectivity index (χ1v) is 7.96. The lowest BCUT2D eigenvalue weighted by atomic mass is 10.2. The van der Waals surface area contributed by atoms with Crippen LogP contribution in [0.15, 0.2) is 42.7 Å². The van der Waals surface area contributed by atoms with E-state index in [-0.39, 0.29) is 0 Å². The van der Waals surface area contributed by atoms with E-state index in [1.807, 2.05) is 16.9 Å². The predicted molar refractivity (Wildman–Crippen MR) is 84.3 cm³/mol. The number of nitrogens with one attached hydrogen (secondary N) is 1. The van der Waals surface area contributed by atoms with Gasteiger partial charge in [0.15, 0.2) is 0 Å². The second-order valence-corrected chi connectivity index (χ2v) is 6.31. The number of nitrogens with zero attached hydrogens (tertiary/aromatic N) is 3. The highest BCUT2D eigenvalue weighted by Crippen LogP contribution is 2.29. The highest BCUT2D eigenvalue weighted by atomic mass is 32.1. The normalized spacial score (nSPS) is 14.1. The van der Waals surface area contributed by atoms with Crippen molar-refractivity contribution in [3.8, 4) is 10.6 Å². The van der Waals surface area contributed by atoms with E-state index < -0.39 is 0 Å². The molecular weight excluding hydrogens is 280 g/mol. The summed E-state index contributed by atoms with van der Waals surface area (Å²) in [5.74, 6) is 0. The molecule has 0 aliphatic carbocycles. The molecule has 1 aromatic carbocycles. The minimum Gasteiger partial charge on any atom is -0.311 e. The van der Waals surface area contributed by atoms with E-state index in [1.54, 1.807) is 11.3 Å². The lowest BCUT2D eigenvalue weighted by Gasteiger charge is -2.09. The van der Waals surface area contributed by atoms with Crippen LogP contribution in [-0.2, 0) is 19.5 Å². The third-order valence-corrected chi connectivity index (χ3v) is 4.82. The van der Waals surface area contributed by atoms with Crippen molar-refractivity contribution in [3.63, 3.8) is 0 Å². The van der Waals surface area contributed by atoms with Crippen LogP contribution in [0.4, 0.5) is 0 Å². The van der Waals surface area contributed by atoms with Gasteiger partial charge in [0.2, 0.25) is 0 Å². The first kappa shape index (κ1) is 12.7. The zero-order valence-corrected chi connectivity index (χ0v) is 12.4. The van der Waals surface area contributed by atoms with E-state index in [0.717, 1.165) is 36.6 Å². The molecule has 1 N–H and O–H groups in total. The summed E-state index contributed by atoms with van der Waals surface area (Å²) in [7, 11) is 0. The van der Waals surface area contributed by atoms with Gasteiger partial charge in [-0.15, -0.1) is 11.3 Å². The van der Waals surface area contributed by atoms with Crippen molar-refractivity contribution in [1.29, 1.82) is 0 Å². The molecule has 2 aromatic heterocycles. The van der Waals surface area contributed by atoms with E-state index in [4.69, 9.17) is 4.98 Å². The first-order chi connectivity index (χ1) is 10.4. The average Bonchev–Trinajstić information content (AvgIpc) is 3.14. The zero-order chi connectivity index (χ0) is 14.1. The maximum Gasteiger partial charge on any atom is 0.127 e. The van der Waals surface area contributed by atoms with Gasteiger partial charge in [-0.05, 0) is 5.56 Å². The topological polar surface area (TPSA) is 42.7 Å². The lowest BCUT2D eigenvalue weighted by Crippen LogP contribution is -2.22. The summed E-state index contributed by atoms with van der Waals surface area (Å²) in [5, 5.41) is 8.94. The van der Waals surface area contributed by atoms with Crippen molar-refractivity contribution in [2.75, 3.05) is 6.54 Å². The molecule has 0 saturated heterocycles. The molecule has 0 fully saturated rings. The van der Waals surface area contributed by atoms with E-state index >= 15 is 0 Å². The lowest BCUT2D eigenvalue weighted by molar-refractivity contribution is 0.644. The molecule has 3 aromatic rings. The van der Waals surface area contributed by atoms with Crippen LogP contribution in [0, 0.1) is 0 Å². The van der Waals surface area contributed by atoms with Gasteiger partial charge in [0.25, 0.3) is 0 Å². The highest BCUT2D eigenvalue weighted by Gasteiger charge is 2.16. The molecule has 4 nitrogen and oxygen atoms in total. The Kier molecular flexibility index (Phi) is 3.29. The van der Waals surface area contributed by atoms with Crippen LogP contribution in [0.2, 0.25) is 0 Å². The molecule has 106 valence electrons. The monoisotopic (exact) mass is 296 g/mol. The molecule has 4 rings (SSSR count). The van der Waals surface area contributed by atoms with Gasteiger partial charge in [0, 0.05) is 36.1 Å². The average molecular weight is 296 g/mol. The van der Waals surface area contributed by atoms with Gasteiger partial charge in [-0.25, -0.2) is 4.98 Å². The largest absolute Gasteiger partial charge is 0.311 e. The first-order valence-electron chi connectivity index (χ1n) is 7.14. The molecule has 0 amide bonds. The summed E-state index contributed by atoms with van der Waals surface area (Å²) in [6, 6.07) is 10.4. The Balaban J connectivity index is 1.58. The highest BCUT2D eigenvalue weighted by molar-refractivity contribution is 7.15. The number of aromatic nitrogens is 3. The third-order valence-electron chi connectivity index (χ3n) is 3.67. The van der Waals surface area contributed by atoms with Gasteiger partial charge in [-0.1, -0.05) is 30.3 Å². The van der Waals surface area contributed by atoms with Crippen LogP contribution in [-0.4, -0.2) is 21.3 Å². The van der Waals surface area contributed by atoms with E-state index in [0.29, 0.717) is 0 Å². The Morgan fingerprint density at radius 3 is 3.00 bits per heavy atom. The zero-order valence-electron chi connectivity index (χ0n) is 11.6. The van der Waals surface area contributed by atoms with Gasteiger partial charge in [0.05, 0.1) is 18.4 Å². The Labute approximate surface area is 127 Å². The second kappa shape index (κ2) is 5.42. The van der Waals surface area contributed by atoms with Crippen molar-refractivity contribution in [3.05, 3.63) is 58.9 Å². The maximum atomic E-state index is 4.77. The van der Waals surface area contributed by atoms with Gasteiger partial charge in [-0.3, -0.25) is 4.68 Å². The van der Waals surface area contributed by atoms with Crippen LogP contribution in [0.1, 0.15) is 16.1 Å². The van der Waals surface area contributed by atoms with Crippen LogP contribution < -0.4 is 5.32 Å². The van der Waals surface area contributed by atoms with Crippen molar-refractivity contribution >= 4 is 11.3 Å². The Morgan fingerprint density at radius 2 is 2.14 bits per heavy atom. The number of hydrogen-bond donors (Lipinski definition) is 1. The summed E-state index contributed by atoms with van der Waals surface area (Å²) in [5.41, 5.74) is 3.63. The van der Waals surface area contributed by atoms with E-state index in [9.17, 15) is 0 Å². The van der Waals surface area contributed by atoms with Crippen LogP contribution in [0.3, 0.4) is 0 Å². The van der Waals surface area contributed by atoms with Gasteiger partial charge >= 0.3 is 0 Å². The summed E-state index contributed by atoms with van der Waals surface area (Å²) in [4.78, 5) is 6.13. The number of rotatable bonds is 3. The molecule has 1 aliphatic heterocycles.